The number of carbonyl (C=O) groups is 1. The number of halogens is 1. The fourth-order valence-electron chi connectivity index (χ4n) is 3.85. The molecule has 0 saturated heterocycles. The van der Waals surface area contributed by atoms with Gasteiger partial charge in [0.1, 0.15) is 5.82 Å². The zero-order chi connectivity index (χ0) is 22.8. The number of unbranched alkanes of at least 4 members (excludes halogenated alkanes) is 1. The maximum Gasteiger partial charge on any atom is 0.247 e. The van der Waals surface area contributed by atoms with Gasteiger partial charge in [-0.25, -0.2) is 4.39 Å². The Morgan fingerprint density at radius 1 is 1.22 bits per heavy atom. The molecule has 0 radical (unpaired) electrons. The number of carbonyl (C=O) groups excluding carboxylic acids is 1. The van der Waals surface area contributed by atoms with Gasteiger partial charge in [-0.3, -0.25) is 9.69 Å². The molecule has 0 unspecified atom stereocenters. The highest BCUT2D eigenvalue weighted by atomic mass is 32.2. The molecule has 1 atom stereocenters. The van der Waals surface area contributed by atoms with E-state index >= 15 is 0 Å². The van der Waals surface area contributed by atoms with Crippen LogP contribution in [0.25, 0.3) is 11.3 Å². The Kier molecular flexibility index (Phi) is 6.41. The Hall–Kier alpha value is -3.00. The zero-order valence-electron chi connectivity index (χ0n) is 18.6. The van der Waals surface area contributed by atoms with Crippen LogP contribution in [0.5, 0.6) is 5.88 Å². The van der Waals surface area contributed by atoms with Gasteiger partial charge >= 0.3 is 0 Å². The number of amides is 1. The summed E-state index contributed by atoms with van der Waals surface area (Å²) in [5.41, 5.74) is 3.87. The topological polar surface area (TPSA) is 68.2 Å². The molecule has 0 saturated carbocycles. The van der Waals surface area contributed by atoms with E-state index in [9.17, 15) is 9.18 Å². The van der Waals surface area contributed by atoms with Gasteiger partial charge < -0.3 is 4.74 Å². The van der Waals surface area contributed by atoms with Gasteiger partial charge in [-0.05, 0) is 38.0 Å². The van der Waals surface area contributed by atoms with E-state index in [1.807, 2.05) is 26.0 Å². The summed E-state index contributed by atoms with van der Waals surface area (Å²) in [5.74, 6) is 0.368. The molecule has 2 heterocycles. The van der Waals surface area contributed by atoms with Crippen LogP contribution in [-0.2, 0) is 4.79 Å². The van der Waals surface area contributed by atoms with E-state index in [0.717, 1.165) is 29.7 Å². The first kappa shape index (κ1) is 22.2. The molecule has 2 aromatic carbocycles. The first-order valence-electron chi connectivity index (χ1n) is 10.6. The molecule has 1 aromatic heterocycles. The Labute approximate surface area is 191 Å². The number of thioether (sulfide) groups is 1. The van der Waals surface area contributed by atoms with E-state index in [0.29, 0.717) is 22.1 Å². The maximum atomic E-state index is 14.9. The average molecular weight is 453 g/mol. The quantitative estimate of drug-likeness (QED) is 0.369. The summed E-state index contributed by atoms with van der Waals surface area (Å²) < 4.78 is 21.1. The third kappa shape index (κ3) is 4.19. The lowest BCUT2D eigenvalue weighted by molar-refractivity contribution is -0.118. The van der Waals surface area contributed by atoms with E-state index < -0.39 is 12.0 Å². The summed E-state index contributed by atoms with van der Waals surface area (Å²) in [5, 5.41) is 9.22. The van der Waals surface area contributed by atoms with Crippen molar-refractivity contribution in [1.29, 1.82) is 0 Å². The normalized spacial score (nSPS) is 14.9. The highest BCUT2D eigenvalue weighted by molar-refractivity contribution is 7.99. The standard InChI is InChI=1S/C24H25FN4O2S/c1-5-6-11-32-24-26-22-20(27-28-24)18-13-14(2)12-15(3)21(18)29(16(4)30)23(31-22)17-9-7-8-10-19(17)25/h7-10,12-13,23H,5-6,11H2,1-4H3/t23-/m0/s1. The second-order valence-corrected chi connectivity index (χ2v) is 8.87. The van der Waals surface area contributed by atoms with Crippen LogP contribution >= 0.6 is 11.8 Å². The molecule has 0 spiro atoms. The molecule has 8 heteroatoms. The first-order chi connectivity index (χ1) is 15.4. The van der Waals surface area contributed by atoms with Gasteiger partial charge in [-0.15, -0.1) is 10.2 Å². The predicted molar refractivity (Wildman–Crippen MR) is 123 cm³/mol. The van der Waals surface area contributed by atoms with Crippen molar-refractivity contribution in [3.05, 3.63) is 58.9 Å². The van der Waals surface area contributed by atoms with E-state index in [1.165, 1.54) is 29.7 Å². The van der Waals surface area contributed by atoms with Crippen molar-refractivity contribution >= 4 is 23.4 Å². The molecule has 3 aromatic rings. The number of aryl methyl sites for hydroxylation is 2. The smallest absolute Gasteiger partial charge is 0.247 e. The van der Waals surface area contributed by atoms with E-state index in [4.69, 9.17) is 4.74 Å². The predicted octanol–water partition coefficient (Wildman–Crippen LogP) is 5.63. The summed E-state index contributed by atoms with van der Waals surface area (Å²) in [6.45, 7) is 7.46. The minimum absolute atomic E-state index is 0.238. The van der Waals surface area contributed by atoms with Crippen LogP contribution in [0.1, 0.15) is 49.6 Å². The third-order valence-corrected chi connectivity index (χ3v) is 6.20. The summed E-state index contributed by atoms with van der Waals surface area (Å²) in [4.78, 5) is 19.0. The summed E-state index contributed by atoms with van der Waals surface area (Å²) in [6, 6.07) is 10.2. The molecule has 0 fully saturated rings. The van der Waals surface area contributed by atoms with Gasteiger partial charge in [0.15, 0.2) is 5.69 Å². The SMILES string of the molecule is CCCCSc1nnc2c(n1)O[C@@H](c1ccccc1F)N(C(C)=O)c1c(C)cc(C)cc1-2. The molecule has 32 heavy (non-hydrogen) atoms. The molecule has 166 valence electrons. The lowest BCUT2D eigenvalue weighted by Crippen LogP contribution is -2.37. The van der Waals surface area contributed by atoms with Crippen LogP contribution in [-0.4, -0.2) is 26.8 Å². The minimum atomic E-state index is -1.03. The molecule has 1 aliphatic heterocycles. The molecule has 4 rings (SSSR count). The maximum absolute atomic E-state index is 14.9. The van der Waals surface area contributed by atoms with Gasteiger partial charge in [0, 0.05) is 23.8 Å². The van der Waals surface area contributed by atoms with Gasteiger partial charge in [0.05, 0.1) is 5.69 Å². The lowest BCUT2D eigenvalue weighted by Gasteiger charge is -2.31. The monoisotopic (exact) mass is 452 g/mol. The second kappa shape index (κ2) is 9.24. The van der Waals surface area contributed by atoms with Crippen LogP contribution in [0.4, 0.5) is 10.1 Å². The number of benzene rings is 2. The molecule has 6 nitrogen and oxygen atoms in total. The van der Waals surface area contributed by atoms with Gasteiger partial charge in [-0.2, -0.15) is 4.98 Å². The molecule has 0 N–H and O–H groups in total. The van der Waals surface area contributed by atoms with Crippen LogP contribution < -0.4 is 9.64 Å². The lowest BCUT2D eigenvalue weighted by atomic mass is 10.00. The first-order valence-corrected chi connectivity index (χ1v) is 11.6. The van der Waals surface area contributed by atoms with Crippen LogP contribution in [0.15, 0.2) is 41.6 Å². The summed E-state index contributed by atoms with van der Waals surface area (Å²) >= 11 is 1.50. The zero-order valence-corrected chi connectivity index (χ0v) is 19.4. The summed E-state index contributed by atoms with van der Waals surface area (Å²) in [6.07, 6.45) is 1.07. The van der Waals surface area contributed by atoms with Crippen molar-refractivity contribution in [2.24, 2.45) is 0 Å². The molecular formula is C24H25FN4O2S. The largest absolute Gasteiger partial charge is 0.447 e. The van der Waals surface area contributed by atoms with Crippen LogP contribution in [0.2, 0.25) is 0 Å². The van der Waals surface area contributed by atoms with E-state index in [1.54, 1.807) is 18.2 Å². The van der Waals surface area contributed by atoms with E-state index in [2.05, 4.69) is 22.1 Å². The van der Waals surface area contributed by atoms with Crippen LogP contribution in [0, 0.1) is 19.7 Å². The number of anilines is 1. The fraction of sp³-hybridized carbons (Fsp3) is 0.333. The Bertz CT molecular complexity index is 1170. The van der Waals surface area contributed by atoms with Crippen molar-refractivity contribution in [3.63, 3.8) is 0 Å². The molecule has 0 bridgehead atoms. The molecule has 1 aliphatic rings. The number of hydrogen-bond acceptors (Lipinski definition) is 6. The Morgan fingerprint density at radius 2 is 2.00 bits per heavy atom. The van der Waals surface area contributed by atoms with Crippen LogP contribution in [0.3, 0.4) is 0 Å². The van der Waals surface area contributed by atoms with E-state index in [-0.39, 0.29) is 17.4 Å². The number of rotatable bonds is 5. The van der Waals surface area contributed by atoms with Crippen molar-refractivity contribution in [2.45, 2.75) is 51.9 Å². The third-order valence-electron chi connectivity index (χ3n) is 5.27. The van der Waals surface area contributed by atoms with Gasteiger partial charge in [0.25, 0.3) is 0 Å². The Morgan fingerprint density at radius 3 is 2.72 bits per heavy atom. The molecular weight excluding hydrogens is 427 g/mol. The number of nitrogens with zero attached hydrogens (tertiary/aromatic N) is 4. The van der Waals surface area contributed by atoms with Gasteiger partial charge in [0.2, 0.25) is 23.2 Å². The second-order valence-electron chi connectivity index (χ2n) is 7.81. The van der Waals surface area contributed by atoms with Crippen molar-refractivity contribution < 1.29 is 13.9 Å². The molecule has 0 aliphatic carbocycles. The fourth-order valence-corrected chi connectivity index (χ4v) is 4.72. The summed E-state index contributed by atoms with van der Waals surface area (Å²) in [7, 11) is 0. The van der Waals surface area contributed by atoms with Crippen molar-refractivity contribution in [1.82, 2.24) is 15.2 Å². The van der Waals surface area contributed by atoms with Gasteiger partial charge in [-0.1, -0.05) is 54.9 Å². The highest BCUT2D eigenvalue weighted by Gasteiger charge is 2.37. The average Bonchev–Trinajstić information content (AvgIpc) is 2.89. The number of aromatic nitrogens is 3. The number of fused-ring (bicyclic) bond motifs is 3. The minimum Gasteiger partial charge on any atom is -0.447 e. The number of ether oxygens (including phenoxy) is 1. The highest BCUT2D eigenvalue weighted by Crippen LogP contribution is 2.45. The molecule has 1 amide bonds. The number of hydrogen-bond donors (Lipinski definition) is 0. The Balaban J connectivity index is 1.94. The van der Waals surface area contributed by atoms with Crippen molar-refractivity contribution in [3.8, 4) is 17.1 Å². The van der Waals surface area contributed by atoms with Crippen molar-refractivity contribution in [2.75, 3.05) is 10.7 Å².